The van der Waals surface area contributed by atoms with Crippen molar-refractivity contribution in [1.29, 1.82) is 5.26 Å². The van der Waals surface area contributed by atoms with Crippen molar-refractivity contribution in [3.05, 3.63) is 83.9 Å². The van der Waals surface area contributed by atoms with Crippen LogP contribution in [0.2, 0.25) is 0 Å². The zero-order chi connectivity index (χ0) is 20.7. The Morgan fingerprint density at radius 1 is 0.862 bits per heavy atom. The molecule has 1 saturated carbocycles. The molecule has 1 heterocycles. The first kappa shape index (κ1) is 19.3. The predicted molar refractivity (Wildman–Crippen MR) is 113 cm³/mol. The van der Waals surface area contributed by atoms with Crippen LogP contribution in [0.25, 0.3) is 11.1 Å². The number of hydrogen-bond donors (Lipinski definition) is 1. The van der Waals surface area contributed by atoms with E-state index < -0.39 is 11.0 Å². The molecule has 3 aromatic rings. The van der Waals surface area contributed by atoms with Crippen molar-refractivity contribution in [1.82, 2.24) is 9.97 Å². The fraction of sp³-hybridized carbons (Fsp3) is 0.320. The Balaban J connectivity index is 1.67. The third kappa shape index (κ3) is 3.22. The molecule has 0 radical (unpaired) electrons. The predicted octanol–water partition coefficient (Wildman–Crippen LogP) is 4.98. The molecule has 0 spiro atoms. The SMILES string of the molecule is CC(C)(C)C(O)(c1ccc(-c2ccc(C3(C#N)CC3)cc2)cc1)c1cncnc1. The summed E-state index contributed by atoms with van der Waals surface area (Å²) >= 11 is 0. The van der Waals surface area contributed by atoms with Crippen LogP contribution < -0.4 is 0 Å². The average molecular weight is 383 g/mol. The number of aliphatic hydroxyl groups is 1. The van der Waals surface area contributed by atoms with E-state index in [1.54, 1.807) is 12.4 Å². The van der Waals surface area contributed by atoms with Crippen LogP contribution >= 0.6 is 0 Å². The van der Waals surface area contributed by atoms with Gasteiger partial charge in [-0.15, -0.1) is 0 Å². The van der Waals surface area contributed by atoms with Gasteiger partial charge in [0.25, 0.3) is 0 Å². The Kier molecular flexibility index (Phi) is 4.52. The lowest BCUT2D eigenvalue weighted by Gasteiger charge is -2.40. The average Bonchev–Trinajstić information content (AvgIpc) is 3.55. The Morgan fingerprint density at radius 2 is 1.38 bits per heavy atom. The maximum atomic E-state index is 11.7. The first-order valence-electron chi connectivity index (χ1n) is 9.91. The molecule has 2 aromatic carbocycles. The molecule has 0 saturated heterocycles. The Labute approximate surface area is 171 Å². The molecule has 29 heavy (non-hydrogen) atoms. The molecule has 1 N–H and O–H groups in total. The molecule has 1 unspecified atom stereocenters. The Bertz CT molecular complexity index is 1040. The second-order valence-electron chi connectivity index (χ2n) is 8.94. The highest BCUT2D eigenvalue weighted by Crippen LogP contribution is 2.48. The summed E-state index contributed by atoms with van der Waals surface area (Å²) in [6.45, 7) is 6.03. The largest absolute Gasteiger partial charge is 0.380 e. The lowest BCUT2D eigenvalue weighted by atomic mass is 9.69. The van der Waals surface area contributed by atoms with E-state index in [-0.39, 0.29) is 5.41 Å². The van der Waals surface area contributed by atoms with E-state index in [1.165, 1.54) is 6.33 Å². The van der Waals surface area contributed by atoms with Gasteiger partial charge in [0.2, 0.25) is 0 Å². The molecule has 4 nitrogen and oxygen atoms in total. The third-order valence-electron chi connectivity index (χ3n) is 6.10. The molecular formula is C25H25N3O. The molecule has 1 aliphatic rings. The fourth-order valence-electron chi connectivity index (χ4n) is 3.99. The molecular weight excluding hydrogens is 358 g/mol. The van der Waals surface area contributed by atoms with Crippen LogP contribution in [-0.4, -0.2) is 15.1 Å². The highest BCUT2D eigenvalue weighted by molar-refractivity contribution is 5.65. The van der Waals surface area contributed by atoms with Crippen molar-refractivity contribution in [2.24, 2.45) is 5.41 Å². The maximum Gasteiger partial charge on any atom is 0.122 e. The van der Waals surface area contributed by atoms with Crippen molar-refractivity contribution >= 4 is 0 Å². The molecule has 1 atom stereocenters. The molecule has 1 fully saturated rings. The lowest BCUT2D eigenvalue weighted by molar-refractivity contribution is -0.0264. The summed E-state index contributed by atoms with van der Waals surface area (Å²) in [5.74, 6) is 0. The van der Waals surface area contributed by atoms with Crippen molar-refractivity contribution < 1.29 is 5.11 Å². The van der Waals surface area contributed by atoms with Gasteiger partial charge in [-0.05, 0) is 40.5 Å². The molecule has 1 aromatic heterocycles. The van der Waals surface area contributed by atoms with E-state index >= 15 is 0 Å². The first-order chi connectivity index (χ1) is 13.8. The van der Waals surface area contributed by atoms with E-state index in [2.05, 4.69) is 40.3 Å². The summed E-state index contributed by atoms with van der Waals surface area (Å²) in [6, 6.07) is 18.7. The van der Waals surface area contributed by atoms with Gasteiger partial charge in [0.05, 0.1) is 11.5 Å². The van der Waals surface area contributed by atoms with E-state index in [0.29, 0.717) is 5.56 Å². The van der Waals surface area contributed by atoms with Gasteiger partial charge >= 0.3 is 0 Å². The number of benzene rings is 2. The standard InChI is InChI=1S/C25H25N3O/c1-23(2,3)25(29,22-14-27-17-28-15-22)21-10-6-19(7-11-21)18-4-8-20(9-5-18)24(16-26)12-13-24/h4-11,14-15,17,29H,12-13H2,1-3H3. The van der Waals surface area contributed by atoms with Gasteiger partial charge < -0.3 is 5.11 Å². The van der Waals surface area contributed by atoms with Gasteiger partial charge in [-0.3, -0.25) is 0 Å². The molecule has 0 bridgehead atoms. The molecule has 1 aliphatic carbocycles. The number of rotatable bonds is 4. The topological polar surface area (TPSA) is 69.8 Å². The highest BCUT2D eigenvalue weighted by Gasteiger charge is 2.45. The number of aromatic nitrogens is 2. The highest BCUT2D eigenvalue weighted by atomic mass is 16.3. The molecule has 4 heteroatoms. The monoisotopic (exact) mass is 383 g/mol. The van der Waals surface area contributed by atoms with Crippen LogP contribution in [0.4, 0.5) is 0 Å². The van der Waals surface area contributed by atoms with Gasteiger partial charge in [-0.2, -0.15) is 5.26 Å². The molecule has 0 aliphatic heterocycles. The van der Waals surface area contributed by atoms with Crippen molar-refractivity contribution in [3.8, 4) is 17.2 Å². The van der Waals surface area contributed by atoms with Crippen molar-refractivity contribution in [2.45, 2.75) is 44.6 Å². The second-order valence-corrected chi connectivity index (χ2v) is 8.94. The summed E-state index contributed by atoms with van der Waals surface area (Å²) in [5.41, 5.74) is 2.84. The summed E-state index contributed by atoms with van der Waals surface area (Å²) < 4.78 is 0. The van der Waals surface area contributed by atoms with Crippen LogP contribution in [0.1, 0.15) is 50.3 Å². The quantitative estimate of drug-likeness (QED) is 0.690. The molecule has 0 amide bonds. The van der Waals surface area contributed by atoms with E-state index in [1.807, 2.05) is 45.0 Å². The zero-order valence-electron chi connectivity index (χ0n) is 17.1. The summed E-state index contributed by atoms with van der Waals surface area (Å²) in [6.07, 6.45) is 6.72. The Hall–Kier alpha value is -3.03. The molecule has 146 valence electrons. The van der Waals surface area contributed by atoms with Crippen molar-refractivity contribution in [3.63, 3.8) is 0 Å². The summed E-state index contributed by atoms with van der Waals surface area (Å²) in [5, 5.41) is 21.1. The smallest absolute Gasteiger partial charge is 0.122 e. The van der Waals surface area contributed by atoms with E-state index in [9.17, 15) is 10.4 Å². The fourth-order valence-corrected chi connectivity index (χ4v) is 3.99. The van der Waals surface area contributed by atoms with E-state index in [0.717, 1.165) is 35.1 Å². The van der Waals surface area contributed by atoms with Crippen molar-refractivity contribution in [2.75, 3.05) is 0 Å². The van der Waals surface area contributed by atoms with Crippen LogP contribution in [-0.2, 0) is 11.0 Å². The summed E-state index contributed by atoms with van der Waals surface area (Å²) in [7, 11) is 0. The Morgan fingerprint density at radius 3 is 1.83 bits per heavy atom. The number of nitriles is 1. The third-order valence-corrected chi connectivity index (χ3v) is 6.10. The number of nitrogens with zero attached hydrogens (tertiary/aromatic N) is 3. The van der Waals surface area contributed by atoms with Gasteiger partial charge in [-0.1, -0.05) is 69.3 Å². The van der Waals surface area contributed by atoms with Gasteiger partial charge in [0, 0.05) is 18.0 Å². The minimum atomic E-state index is -1.21. The van der Waals surface area contributed by atoms with Crippen LogP contribution in [0.5, 0.6) is 0 Å². The van der Waals surface area contributed by atoms with Crippen LogP contribution in [0.15, 0.2) is 67.3 Å². The zero-order valence-corrected chi connectivity index (χ0v) is 17.1. The van der Waals surface area contributed by atoms with E-state index in [4.69, 9.17) is 0 Å². The normalized spacial score (nSPS) is 17.2. The summed E-state index contributed by atoms with van der Waals surface area (Å²) in [4.78, 5) is 8.20. The minimum absolute atomic E-state index is 0.261. The number of hydrogen-bond acceptors (Lipinski definition) is 4. The van der Waals surface area contributed by atoms with Crippen LogP contribution in [0.3, 0.4) is 0 Å². The van der Waals surface area contributed by atoms with Gasteiger partial charge in [0.15, 0.2) is 0 Å². The van der Waals surface area contributed by atoms with Gasteiger partial charge in [-0.25, -0.2) is 9.97 Å². The maximum absolute atomic E-state index is 11.7. The first-order valence-corrected chi connectivity index (χ1v) is 9.91. The minimum Gasteiger partial charge on any atom is -0.380 e. The molecule has 4 rings (SSSR count). The van der Waals surface area contributed by atoms with Crippen LogP contribution in [0, 0.1) is 16.7 Å². The second kappa shape index (κ2) is 6.79. The van der Waals surface area contributed by atoms with Gasteiger partial charge in [0.1, 0.15) is 11.9 Å². The lowest BCUT2D eigenvalue weighted by Crippen LogP contribution is -2.41.